The van der Waals surface area contributed by atoms with Crippen molar-refractivity contribution >= 4 is 23.8 Å². The Balaban J connectivity index is 1.38. The van der Waals surface area contributed by atoms with Crippen LogP contribution in [0.15, 0.2) is 65.6 Å². The summed E-state index contributed by atoms with van der Waals surface area (Å²) in [5.74, 6) is 4.13. The van der Waals surface area contributed by atoms with Crippen LogP contribution in [0.3, 0.4) is 0 Å². The molecule has 2 aromatic heterocycles. The highest BCUT2D eigenvalue weighted by Gasteiger charge is 2.19. The van der Waals surface area contributed by atoms with E-state index in [0.29, 0.717) is 63.1 Å². The summed E-state index contributed by atoms with van der Waals surface area (Å²) in [5, 5.41) is 13.1. The normalized spacial score (nSPS) is 20.2. The van der Waals surface area contributed by atoms with Crippen LogP contribution in [-0.4, -0.2) is 73.7 Å². The van der Waals surface area contributed by atoms with Gasteiger partial charge >= 0.3 is 0 Å². The molecule has 2 aliphatic heterocycles. The Morgan fingerprint density at radius 3 is 2.40 bits per heavy atom. The fraction of sp³-hybridized carbons (Fsp3) is 0.478. The summed E-state index contributed by atoms with van der Waals surface area (Å²) in [5.41, 5.74) is 6.02. The van der Waals surface area contributed by atoms with E-state index in [1.807, 2.05) is 38.1 Å². The van der Waals surface area contributed by atoms with Gasteiger partial charge in [-0.1, -0.05) is 0 Å². The molecule has 0 saturated carbocycles. The third-order valence-electron chi connectivity index (χ3n) is 5.40. The van der Waals surface area contributed by atoms with Gasteiger partial charge in [0.15, 0.2) is 17.9 Å². The number of nitrogens with zero attached hydrogens (tertiary/aromatic N) is 5. The molecule has 0 saturated heterocycles. The maximum atomic E-state index is 6.02. The second kappa shape index (κ2) is 12.0. The van der Waals surface area contributed by atoms with Crippen LogP contribution in [0.4, 0.5) is 0 Å². The molecule has 0 aliphatic carbocycles. The van der Waals surface area contributed by atoms with Crippen molar-refractivity contribution < 1.29 is 8.83 Å². The lowest BCUT2D eigenvalue weighted by molar-refractivity contribution is 0.382. The van der Waals surface area contributed by atoms with Gasteiger partial charge in [-0.3, -0.25) is 20.6 Å². The predicted octanol–water partition coefficient (Wildman–Crippen LogP) is 0.463. The lowest BCUT2D eigenvalue weighted by atomic mass is 10.3. The topological polar surface area (TPSA) is 153 Å². The van der Waals surface area contributed by atoms with Crippen molar-refractivity contribution in [2.45, 2.75) is 38.8 Å². The highest BCUT2D eigenvalue weighted by Crippen LogP contribution is 2.05. The lowest BCUT2D eigenvalue weighted by Gasteiger charge is -2.27. The van der Waals surface area contributed by atoms with E-state index >= 15 is 0 Å². The van der Waals surface area contributed by atoms with Crippen LogP contribution in [0, 0.1) is 0 Å². The number of guanidine groups is 4. The van der Waals surface area contributed by atoms with Gasteiger partial charge in [-0.05, 0) is 38.1 Å². The number of nitrogens with one attached hydrogen (secondary N) is 4. The number of hydrogen-bond donors (Lipinski definition) is 5. The standard InChI is InChI=1S/C23H34N10O2/c1-16-14-27-21(32-22(29-16)25-9-7-18-5-3-11-34-18)28-15-33(10-8-19-6-4-12-35-19)23-30-17(2)13-26-20(24)31-23/h3-6,11-12,16-17H,7-10,13-15H2,1-2H3,(H3,24,26,30,31)(H3,25,27,28,29,32). The molecule has 2 unspecified atom stereocenters. The van der Waals surface area contributed by atoms with E-state index in [9.17, 15) is 0 Å². The Morgan fingerprint density at radius 2 is 1.66 bits per heavy atom. The molecule has 2 aliphatic rings. The summed E-state index contributed by atoms with van der Waals surface area (Å²) in [7, 11) is 0. The molecule has 188 valence electrons. The second-order valence-electron chi connectivity index (χ2n) is 8.48. The van der Waals surface area contributed by atoms with Crippen LogP contribution < -0.4 is 27.0 Å². The predicted molar refractivity (Wildman–Crippen MR) is 136 cm³/mol. The first-order valence-electron chi connectivity index (χ1n) is 11.9. The van der Waals surface area contributed by atoms with Crippen molar-refractivity contribution in [3.8, 4) is 0 Å². The summed E-state index contributed by atoms with van der Waals surface area (Å²) in [6, 6.07) is 7.75. The van der Waals surface area contributed by atoms with Gasteiger partial charge in [-0.2, -0.15) is 0 Å². The van der Waals surface area contributed by atoms with Crippen LogP contribution in [0.2, 0.25) is 0 Å². The minimum Gasteiger partial charge on any atom is -0.469 e. The van der Waals surface area contributed by atoms with Crippen LogP contribution in [0.25, 0.3) is 0 Å². The third-order valence-corrected chi connectivity index (χ3v) is 5.40. The maximum Gasteiger partial charge on any atom is 0.202 e. The highest BCUT2D eigenvalue weighted by atomic mass is 16.3. The average molecular weight is 483 g/mol. The van der Waals surface area contributed by atoms with Crippen molar-refractivity contribution in [1.82, 2.24) is 26.2 Å². The summed E-state index contributed by atoms with van der Waals surface area (Å²) in [6.45, 7) is 6.93. The van der Waals surface area contributed by atoms with Gasteiger partial charge in [0, 0.05) is 25.9 Å². The summed E-state index contributed by atoms with van der Waals surface area (Å²) in [4.78, 5) is 20.5. The summed E-state index contributed by atoms with van der Waals surface area (Å²) < 4.78 is 10.9. The van der Waals surface area contributed by atoms with Crippen molar-refractivity contribution in [2.75, 3.05) is 32.8 Å². The van der Waals surface area contributed by atoms with Crippen LogP contribution in [0.1, 0.15) is 25.4 Å². The van der Waals surface area contributed by atoms with Crippen molar-refractivity contribution in [1.29, 1.82) is 0 Å². The first-order valence-corrected chi connectivity index (χ1v) is 11.9. The molecule has 0 radical (unpaired) electrons. The van der Waals surface area contributed by atoms with Crippen molar-refractivity contribution in [2.24, 2.45) is 25.7 Å². The molecule has 4 heterocycles. The molecule has 0 spiro atoms. The average Bonchev–Trinajstić information content (AvgIpc) is 3.48. The zero-order chi connectivity index (χ0) is 24.5. The van der Waals surface area contributed by atoms with E-state index in [1.165, 1.54) is 0 Å². The number of nitrogens with two attached hydrogens (primary N) is 1. The maximum absolute atomic E-state index is 6.02. The Kier molecular flexibility index (Phi) is 8.25. The van der Waals surface area contributed by atoms with E-state index < -0.39 is 0 Å². The molecule has 0 fully saturated rings. The molecule has 12 nitrogen and oxygen atoms in total. The number of hydrogen-bond acceptors (Lipinski definition) is 12. The Bertz CT molecular complexity index is 1040. The van der Waals surface area contributed by atoms with Crippen molar-refractivity contribution in [3.05, 3.63) is 48.3 Å². The molecule has 0 aromatic carbocycles. The minimum absolute atomic E-state index is 0.0101. The van der Waals surface area contributed by atoms with Gasteiger partial charge in [0.2, 0.25) is 5.96 Å². The molecule has 12 heteroatoms. The van der Waals surface area contributed by atoms with Gasteiger partial charge in [0.05, 0.1) is 44.4 Å². The largest absolute Gasteiger partial charge is 0.469 e. The molecular formula is C23H34N10O2. The first kappa shape index (κ1) is 24.2. The number of aliphatic imine (C=N–C) groups is 4. The lowest BCUT2D eigenvalue weighted by Crippen LogP contribution is -2.54. The van der Waals surface area contributed by atoms with Gasteiger partial charge in [-0.25, -0.2) is 9.98 Å². The molecular weight excluding hydrogens is 448 g/mol. The number of rotatable bonds is 8. The van der Waals surface area contributed by atoms with E-state index in [-0.39, 0.29) is 12.1 Å². The highest BCUT2D eigenvalue weighted by molar-refractivity contribution is 6.00. The monoisotopic (exact) mass is 482 g/mol. The zero-order valence-corrected chi connectivity index (χ0v) is 20.2. The van der Waals surface area contributed by atoms with Crippen molar-refractivity contribution in [3.63, 3.8) is 0 Å². The zero-order valence-electron chi connectivity index (χ0n) is 20.2. The Hall–Kier alpha value is -3.96. The molecule has 0 amide bonds. The Labute approximate surface area is 204 Å². The molecule has 0 bridgehead atoms. The van der Waals surface area contributed by atoms with E-state index in [2.05, 4.69) is 41.1 Å². The Morgan fingerprint density at radius 1 is 0.943 bits per heavy atom. The van der Waals surface area contributed by atoms with Crippen LogP contribution >= 0.6 is 0 Å². The van der Waals surface area contributed by atoms with Gasteiger partial charge in [0.1, 0.15) is 11.5 Å². The molecule has 2 atom stereocenters. The van der Waals surface area contributed by atoms with E-state index in [4.69, 9.17) is 19.6 Å². The summed E-state index contributed by atoms with van der Waals surface area (Å²) in [6.07, 6.45) is 4.82. The second-order valence-corrected chi connectivity index (χ2v) is 8.48. The van der Waals surface area contributed by atoms with E-state index in [1.54, 1.807) is 12.5 Å². The fourth-order valence-electron chi connectivity index (χ4n) is 3.57. The van der Waals surface area contributed by atoms with Gasteiger partial charge < -0.3 is 30.1 Å². The van der Waals surface area contributed by atoms with Gasteiger partial charge in [0.25, 0.3) is 0 Å². The van der Waals surface area contributed by atoms with Gasteiger partial charge in [-0.15, -0.1) is 0 Å². The summed E-state index contributed by atoms with van der Waals surface area (Å²) >= 11 is 0. The molecule has 4 rings (SSSR count). The fourth-order valence-corrected chi connectivity index (χ4v) is 3.57. The molecule has 6 N–H and O–H groups in total. The first-order chi connectivity index (χ1) is 17.0. The number of furan rings is 2. The van der Waals surface area contributed by atoms with E-state index in [0.717, 1.165) is 17.9 Å². The van der Waals surface area contributed by atoms with Crippen LogP contribution in [-0.2, 0) is 12.8 Å². The molecule has 35 heavy (non-hydrogen) atoms. The third kappa shape index (κ3) is 7.52. The quantitative estimate of drug-likeness (QED) is 0.340. The smallest absolute Gasteiger partial charge is 0.202 e. The molecule has 2 aromatic rings. The van der Waals surface area contributed by atoms with Crippen LogP contribution in [0.5, 0.6) is 0 Å². The minimum atomic E-state index is 0.0101. The SMILES string of the molecule is CC1CN=C(NCN(CCc2ccco2)C2=NC(C)CN=C(N)N2)NC(NCCc2ccco2)=N1.